The zero-order valence-corrected chi connectivity index (χ0v) is 19.3. The number of allylic oxidation sites excluding steroid dienone is 8. The third kappa shape index (κ3) is 2.49. The van der Waals surface area contributed by atoms with Gasteiger partial charge in [0, 0.05) is 0 Å². The van der Waals surface area contributed by atoms with Crippen LogP contribution >= 0.6 is 0 Å². The summed E-state index contributed by atoms with van der Waals surface area (Å²) in [7, 11) is 0. The average molecular weight is 411 g/mol. The fourth-order valence-corrected chi connectivity index (χ4v) is 11.4. The molecule has 0 aromatic carbocycles. The van der Waals surface area contributed by atoms with Gasteiger partial charge in [-0.3, -0.25) is 0 Å². The van der Waals surface area contributed by atoms with E-state index in [9.17, 15) is 0 Å². The van der Waals surface area contributed by atoms with Crippen molar-refractivity contribution < 1.29 is 37.1 Å². The molecule has 0 amide bonds. The van der Waals surface area contributed by atoms with Crippen molar-refractivity contribution in [2.75, 3.05) is 0 Å². The summed E-state index contributed by atoms with van der Waals surface area (Å²) in [6, 6.07) is 0. The molecule has 0 nitrogen and oxygen atoms in total. The Labute approximate surface area is 151 Å². The van der Waals surface area contributed by atoms with Crippen LogP contribution in [0.15, 0.2) is 35.8 Å². The second kappa shape index (κ2) is 5.45. The first-order valence-corrected chi connectivity index (χ1v) is 11.8. The Morgan fingerprint density at radius 2 is 0.810 bits per heavy atom. The summed E-state index contributed by atoms with van der Waals surface area (Å²) in [5.74, 6) is 0. The maximum atomic E-state index is 2.44. The molecule has 0 aromatic heterocycles. The van der Waals surface area contributed by atoms with Crippen molar-refractivity contribution in [1.29, 1.82) is 0 Å². The molecule has 0 bridgehead atoms. The van der Waals surface area contributed by atoms with Crippen LogP contribution in [-0.4, -0.2) is 0 Å². The van der Waals surface area contributed by atoms with Crippen LogP contribution in [0.3, 0.4) is 0 Å². The first kappa shape index (κ1) is 17.7. The van der Waals surface area contributed by atoms with Crippen LogP contribution in [0.5, 0.6) is 0 Å². The van der Waals surface area contributed by atoms with Gasteiger partial charge in [-0.25, -0.2) is 0 Å². The number of rotatable bonds is 2. The van der Waals surface area contributed by atoms with Gasteiger partial charge in [0.05, 0.1) is 0 Å². The van der Waals surface area contributed by atoms with Crippen molar-refractivity contribution in [2.45, 2.75) is 69.2 Å². The fraction of sp³-hybridized carbons (Fsp3) is 0.600. The summed E-state index contributed by atoms with van der Waals surface area (Å²) in [6.07, 6.45) is 0. The van der Waals surface area contributed by atoms with E-state index >= 15 is 0 Å². The Kier molecular flexibility index (Phi) is 4.58. The third-order valence-corrected chi connectivity index (χ3v) is 15.8. The molecule has 21 heavy (non-hydrogen) atoms. The van der Waals surface area contributed by atoms with Gasteiger partial charge < -0.3 is 0 Å². The molecule has 0 N–H and O–H groups in total. The zero-order valence-electron chi connectivity index (χ0n) is 15.6. The van der Waals surface area contributed by atoms with Crippen molar-refractivity contribution in [3.63, 3.8) is 0 Å². The van der Waals surface area contributed by atoms with Gasteiger partial charge in [-0.1, -0.05) is 0 Å². The SMILES string of the molecule is CC1=C(C)C(C)(C)[C]([Pr][C]2=C(C)C(C)=C(C)C2(C)C)=C1C. The molecule has 2 aliphatic carbocycles. The van der Waals surface area contributed by atoms with Gasteiger partial charge in [-0.05, 0) is 0 Å². The van der Waals surface area contributed by atoms with Crippen LogP contribution in [0.2, 0.25) is 0 Å². The normalized spacial score (nSPS) is 24.5. The van der Waals surface area contributed by atoms with Crippen LogP contribution in [0, 0.1) is 48.0 Å². The van der Waals surface area contributed by atoms with E-state index in [2.05, 4.69) is 69.2 Å². The zero-order chi connectivity index (χ0) is 16.3. The van der Waals surface area contributed by atoms with E-state index in [1.54, 1.807) is 33.4 Å². The molecule has 0 saturated heterocycles. The summed E-state index contributed by atoms with van der Waals surface area (Å²) in [5.41, 5.74) is 10.2. The van der Waals surface area contributed by atoms with Crippen LogP contribution < -0.4 is 0 Å². The first-order chi connectivity index (χ1) is 9.44. The van der Waals surface area contributed by atoms with E-state index in [4.69, 9.17) is 0 Å². The Morgan fingerprint density at radius 3 is 1.00 bits per heavy atom. The van der Waals surface area contributed by atoms with Gasteiger partial charge in [0.25, 0.3) is 0 Å². The first-order valence-electron chi connectivity index (χ1n) is 8.08. The van der Waals surface area contributed by atoms with Gasteiger partial charge in [-0.2, -0.15) is 0 Å². The molecule has 0 aromatic rings. The van der Waals surface area contributed by atoms with Gasteiger partial charge in [0.1, 0.15) is 0 Å². The second-order valence-electron chi connectivity index (χ2n) is 7.97. The molecule has 2 rings (SSSR count). The molecule has 0 fully saturated rings. The van der Waals surface area contributed by atoms with Gasteiger partial charge in [-0.15, -0.1) is 0 Å². The Bertz CT molecular complexity index is 575. The standard InChI is InChI=1S/2C10H15.Pr/c2*1-7-6-10(4,5)9(3)8(7)2;/h2*1-5H3;. The van der Waals surface area contributed by atoms with Crippen LogP contribution in [0.1, 0.15) is 69.2 Å². The molecule has 2 aliphatic rings. The van der Waals surface area contributed by atoms with Crippen LogP contribution in [0.25, 0.3) is 0 Å². The molecule has 0 heterocycles. The third-order valence-electron chi connectivity index (χ3n) is 6.57. The maximum absolute atomic E-state index is 2.44. The van der Waals surface area contributed by atoms with Crippen molar-refractivity contribution in [1.82, 2.24) is 0 Å². The van der Waals surface area contributed by atoms with E-state index in [1.165, 1.54) is 0 Å². The Morgan fingerprint density at radius 1 is 0.524 bits per heavy atom. The Balaban J connectivity index is 2.47. The van der Waals surface area contributed by atoms with Crippen molar-refractivity contribution in [3.8, 4) is 0 Å². The summed E-state index contributed by atoms with van der Waals surface area (Å²) >= 11 is -1.15. The fourth-order valence-electron chi connectivity index (χ4n) is 3.97. The summed E-state index contributed by atoms with van der Waals surface area (Å²) in [6.45, 7) is 23.8. The molecule has 1 heteroatoms. The van der Waals surface area contributed by atoms with E-state index < -0.39 is 37.1 Å². The average Bonchev–Trinajstić information content (AvgIpc) is 2.63. The topological polar surface area (TPSA) is 0 Å². The van der Waals surface area contributed by atoms with Gasteiger partial charge >= 0.3 is 153 Å². The van der Waals surface area contributed by atoms with E-state index in [1.807, 2.05) is 2.31 Å². The molecule has 0 radical (unpaired) electrons. The molecule has 113 valence electrons. The molecule has 0 aliphatic heterocycles. The van der Waals surface area contributed by atoms with Gasteiger partial charge in [0.2, 0.25) is 0 Å². The predicted molar refractivity (Wildman–Crippen MR) is 89.7 cm³/mol. The quantitative estimate of drug-likeness (QED) is 0.495. The molecule has 0 saturated carbocycles. The van der Waals surface area contributed by atoms with Crippen molar-refractivity contribution in [3.05, 3.63) is 35.8 Å². The predicted octanol–water partition coefficient (Wildman–Crippen LogP) is 6.37. The molecule has 0 atom stereocenters. The monoisotopic (exact) mass is 411 g/mol. The Hall–Kier alpha value is 0.324. The summed E-state index contributed by atoms with van der Waals surface area (Å²) in [4.78, 5) is 0. The molecular weight excluding hydrogens is 381 g/mol. The van der Waals surface area contributed by atoms with E-state index in [0.29, 0.717) is 10.8 Å². The summed E-state index contributed by atoms with van der Waals surface area (Å²) < 4.78 is 3.67. The van der Waals surface area contributed by atoms with Crippen LogP contribution in [-0.2, 0) is 0 Å². The molecule has 0 unspecified atom stereocenters. The van der Waals surface area contributed by atoms with Crippen molar-refractivity contribution in [2.24, 2.45) is 10.8 Å². The van der Waals surface area contributed by atoms with Gasteiger partial charge in [0.15, 0.2) is 0 Å². The van der Waals surface area contributed by atoms with Crippen LogP contribution in [0.4, 0.5) is 0 Å². The number of hydrogen-bond donors (Lipinski definition) is 0. The second-order valence-corrected chi connectivity index (χ2v) is 12.6. The van der Waals surface area contributed by atoms with E-state index in [0.717, 1.165) is 0 Å². The molecular formula is C20H30Pr. The van der Waals surface area contributed by atoms with Crippen molar-refractivity contribution >= 4 is 0 Å². The van der Waals surface area contributed by atoms with E-state index in [-0.39, 0.29) is 0 Å². The number of hydrogen-bond acceptors (Lipinski definition) is 0. The minimum atomic E-state index is -1.15. The summed E-state index contributed by atoms with van der Waals surface area (Å²) in [5, 5.41) is 0. The molecule has 0 spiro atoms. The minimum absolute atomic E-state index is 0.303.